The van der Waals surface area contributed by atoms with Crippen molar-refractivity contribution in [3.05, 3.63) is 82.0 Å². The molecule has 1 aromatic carbocycles. The maximum Gasteiger partial charge on any atom is 0.289 e. The van der Waals surface area contributed by atoms with Crippen LogP contribution in [0.3, 0.4) is 0 Å². The summed E-state index contributed by atoms with van der Waals surface area (Å²) in [6.45, 7) is 2.37. The second-order valence-corrected chi connectivity index (χ2v) is 7.24. The van der Waals surface area contributed by atoms with Crippen molar-refractivity contribution in [3.8, 4) is 0 Å². The molecule has 8 nitrogen and oxygen atoms in total. The van der Waals surface area contributed by atoms with Crippen LogP contribution in [-0.2, 0) is 11.4 Å². The number of hydroxylamine groups is 1. The molecule has 0 spiro atoms. The average molecular weight is 455 g/mol. The smallest absolute Gasteiger partial charge is 0.289 e. The normalized spacial score (nSPS) is 10.7. The van der Waals surface area contributed by atoms with E-state index in [9.17, 15) is 14.0 Å². The summed E-state index contributed by atoms with van der Waals surface area (Å²) >= 11 is 0. The van der Waals surface area contributed by atoms with Gasteiger partial charge in [-0.3, -0.25) is 19.4 Å². The second kappa shape index (κ2) is 11.3. The van der Waals surface area contributed by atoms with E-state index in [-0.39, 0.29) is 24.4 Å². The Hall–Kier alpha value is -3.57. The predicted octanol–water partition coefficient (Wildman–Crippen LogP) is 1.43. The molecule has 0 aliphatic heterocycles. The first-order valence-corrected chi connectivity index (χ1v) is 10.4. The third kappa shape index (κ3) is 6.02. The number of amides is 1. The summed E-state index contributed by atoms with van der Waals surface area (Å²) in [5, 5.41) is 2.56. The zero-order valence-electron chi connectivity index (χ0n) is 18.1. The average Bonchev–Trinajstić information content (AvgIpc) is 2.83. The van der Waals surface area contributed by atoms with Crippen molar-refractivity contribution in [3.63, 3.8) is 0 Å². The predicted molar refractivity (Wildman–Crippen MR) is 123 cm³/mol. The Bertz CT molecular complexity index is 1170. The van der Waals surface area contributed by atoms with E-state index in [1.54, 1.807) is 24.4 Å². The summed E-state index contributed by atoms with van der Waals surface area (Å²) in [7, 11) is 0.615. The monoisotopic (exact) mass is 455 g/mol. The van der Waals surface area contributed by atoms with Gasteiger partial charge in [0.15, 0.2) is 7.28 Å². The molecule has 2 heterocycles. The summed E-state index contributed by atoms with van der Waals surface area (Å²) < 4.78 is 30.8. The van der Waals surface area contributed by atoms with E-state index in [1.807, 2.05) is 6.82 Å². The molecule has 3 rings (SSSR count). The number of hydrogen-bond acceptors (Lipinski definition) is 6. The summed E-state index contributed by atoms with van der Waals surface area (Å²) in [5.41, 5.74) is 7.24. The maximum absolute atomic E-state index is 15.2. The lowest BCUT2D eigenvalue weighted by Gasteiger charge is -2.16. The van der Waals surface area contributed by atoms with Crippen molar-refractivity contribution >= 4 is 30.0 Å². The lowest BCUT2D eigenvalue weighted by atomic mass is 9.73. The molecule has 1 amide bonds. The van der Waals surface area contributed by atoms with Crippen LogP contribution in [0, 0.1) is 11.6 Å². The van der Waals surface area contributed by atoms with E-state index in [4.69, 9.17) is 10.6 Å². The summed E-state index contributed by atoms with van der Waals surface area (Å²) in [6.07, 6.45) is 4.78. The first-order chi connectivity index (χ1) is 15.9. The first kappa shape index (κ1) is 24.1. The fourth-order valence-electron chi connectivity index (χ4n) is 3.07. The van der Waals surface area contributed by atoms with Crippen molar-refractivity contribution in [1.82, 2.24) is 15.0 Å². The summed E-state index contributed by atoms with van der Waals surface area (Å²) in [4.78, 5) is 34.5. The lowest BCUT2D eigenvalue weighted by Crippen LogP contribution is -2.31. The summed E-state index contributed by atoms with van der Waals surface area (Å²) in [6, 6.07) is 7.79. The zero-order chi connectivity index (χ0) is 23.8. The third-order valence-electron chi connectivity index (χ3n) is 4.86. The largest absolute Gasteiger partial charge is 0.350 e. The Balaban J connectivity index is 2.01. The van der Waals surface area contributed by atoms with Crippen molar-refractivity contribution < 1.29 is 18.4 Å². The number of halogens is 2. The highest BCUT2D eigenvalue weighted by Gasteiger charge is 2.22. The third-order valence-corrected chi connectivity index (χ3v) is 4.86. The standard InChI is InChI=1S/C22H24BF2N5O3/c1-23-15-5-6-18(17(24)10-15)28-20-16(21(31)29-33-9-3-7-26)13-30(22(32)19(20)25)12-14-4-2-8-27-11-14/h2,4-6,8,10-11,13,23,28H,3,7,9,12,26H2,1H3,(H,29,31). The molecule has 0 aliphatic carbocycles. The van der Waals surface area contributed by atoms with E-state index in [0.29, 0.717) is 25.8 Å². The molecular weight excluding hydrogens is 431 g/mol. The molecule has 2 aromatic heterocycles. The molecule has 33 heavy (non-hydrogen) atoms. The number of carbonyl (C=O) groups excluding carboxylic acids is 1. The van der Waals surface area contributed by atoms with Gasteiger partial charge < -0.3 is 15.6 Å². The van der Waals surface area contributed by atoms with Crippen molar-refractivity contribution in [2.75, 3.05) is 18.5 Å². The van der Waals surface area contributed by atoms with Gasteiger partial charge in [-0.05, 0) is 36.7 Å². The molecule has 0 aliphatic rings. The molecule has 0 radical (unpaired) electrons. The number of aromatic nitrogens is 2. The van der Waals surface area contributed by atoms with Gasteiger partial charge in [0.1, 0.15) is 5.82 Å². The Morgan fingerprint density at radius 2 is 2.12 bits per heavy atom. The minimum absolute atomic E-state index is 0.0161. The van der Waals surface area contributed by atoms with Crippen LogP contribution in [0.15, 0.2) is 53.7 Å². The SMILES string of the molecule is CBc1ccc(Nc2c(C(=O)NOCCCN)cn(Cc3cccnc3)c(=O)c2F)c(F)c1. The van der Waals surface area contributed by atoms with Crippen molar-refractivity contribution in [2.45, 2.75) is 19.8 Å². The molecule has 172 valence electrons. The molecule has 0 saturated carbocycles. The van der Waals surface area contributed by atoms with Crippen LogP contribution >= 0.6 is 0 Å². The molecular formula is C22H24BF2N5O3. The second-order valence-electron chi connectivity index (χ2n) is 7.24. The number of nitrogens with two attached hydrogens (primary N) is 1. The van der Waals surface area contributed by atoms with Gasteiger partial charge in [-0.1, -0.05) is 24.4 Å². The fraction of sp³-hybridized carbons (Fsp3) is 0.227. The van der Waals surface area contributed by atoms with Crippen LogP contribution in [0.2, 0.25) is 6.82 Å². The molecule has 4 N–H and O–H groups in total. The number of benzene rings is 1. The minimum Gasteiger partial charge on any atom is -0.350 e. The lowest BCUT2D eigenvalue weighted by molar-refractivity contribution is 0.0309. The molecule has 0 unspecified atom stereocenters. The van der Waals surface area contributed by atoms with E-state index >= 15 is 4.39 Å². The van der Waals surface area contributed by atoms with E-state index in [0.717, 1.165) is 10.0 Å². The molecule has 0 atom stereocenters. The number of pyridine rings is 2. The topological polar surface area (TPSA) is 111 Å². The fourth-order valence-corrected chi connectivity index (χ4v) is 3.07. The van der Waals surface area contributed by atoms with Crippen LogP contribution in [0.4, 0.5) is 20.2 Å². The highest BCUT2D eigenvalue weighted by Crippen LogP contribution is 2.24. The van der Waals surface area contributed by atoms with Crippen LogP contribution in [0.5, 0.6) is 0 Å². The Labute approximate surface area is 190 Å². The van der Waals surface area contributed by atoms with E-state index < -0.39 is 28.8 Å². The summed E-state index contributed by atoms with van der Waals surface area (Å²) in [5.74, 6) is -2.68. The Kier molecular flexibility index (Phi) is 8.28. The van der Waals surface area contributed by atoms with Gasteiger partial charge >= 0.3 is 0 Å². The number of nitrogens with zero attached hydrogens (tertiary/aromatic N) is 2. The van der Waals surface area contributed by atoms with Crippen LogP contribution in [0.25, 0.3) is 0 Å². The van der Waals surface area contributed by atoms with Crippen LogP contribution < -0.4 is 27.6 Å². The van der Waals surface area contributed by atoms with Gasteiger partial charge in [-0.15, -0.1) is 0 Å². The zero-order valence-corrected chi connectivity index (χ0v) is 18.1. The number of hydrogen-bond donors (Lipinski definition) is 3. The van der Waals surface area contributed by atoms with Gasteiger partial charge in [0, 0.05) is 18.6 Å². The minimum atomic E-state index is -1.23. The number of anilines is 2. The number of rotatable bonds is 10. The van der Waals surface area contributed by atoms with Crippen LogP contribution in [0.1, 0.15) is 22.3 Å². The van der Waals surface area contributed by atoms with Gasteiger partial charge in [0.05, 0.1) is 30.1 Å². The highest BCUT2D eigenvalue weighted by atomic mass is 19.1. The maximum atomic E-state index is 15.2. The van der Waals surface area contributed by atoms with Gasteiger partial charge in [0.2, 0.25) is 5.82 Å². The highest BCUT2D eigenvalue weighted by molar-refractivity contribution is 6.51. The number of nitrogens with one attached hydrogen (secondary N) is 2. The molecule has 0 bridgehead atoms. The van der Waals surface area contributed by atoms with Crippen molar-refractivity contribution in [2.24, 2.45) is 5.73 Å². The molecule has 3 aromatic rings. The van der Waals surface area contributed by atoms with Gasteiger partial charge in [-0.25, -0.2) is 9.87 Å². The number of carbonyl (C=O) groups is 1. The first-order valence-electron chi connectivity index (χ1n) is 10.4. The van der Waals surface area contributed by atoms with Gasteiger partial charge in [0.25, 0.3) is 11.5 Å². The Morgan fingerprint density at radius 1 is 1.30 bits per heavy atom. The van der Waals surface area contributed by atoms with E-state index in [2.05, 4.69) is 15.8 Å². The van der Waals surface area contributed by atoms with Gasteiger partial charge in [-0.2, -0.15) is 4.39 Å². The van der Waals surface area contributed by atoms with Crippen molar-refractivity contribution in [1.29, 1.82) is 0 Å². The Morgan fingerprint density at radius 3 is 2.79 bits per heavy atom. The van der Waals surface area contributed by atoms with Crippen LogP contribution in [-0.4, -0.2) is 35.9 Å². The molecule has 11 heteroatoms. The molecule has 0 fully saturated rings. The van der Waals surface area contributed by atoms with E-state index in [1.165, 1.54) is 24.5 Å². The quantitative estimate of drug-likeness (QED) is 0.242. The molecule has 0 saturated heterocycles.